The number of furan rings is 1. The largest absolute Gasteiger partial charge is 0.459 e. The minimum Gasteiger partial charge on any atom is -0.459 e. The number of rotatable bonds is 5. The quantitative estimate of drug-likeness (QED) is 0.786. The summed E-state index contributed by atoms with van der Waals surface area (Å²) in [4.78, 5) is 18.1. The maximum atomic E-state index is 11.7. The van der Waals surface area contributed by atoms with Crippen molar-refractivity contribution in [2.45, 2.75) is 13.5 Å². The van der Waals surface area contributed by atoms with Gasteiger partial charge in [0.25, 0.3) is 5.91 Å². The number of carbonyl (C=O) groups is 1. The zero-order valence-electron chi connectivity index (χ0n) is 13.2. The first-order chi connectivity index (χ1) is 11.2. The third kappa shape index (κ3) is 3.34. The maximum Gasteiger partial charge on any atom is 0.252 e. The lowest BCUT2D eigenvalue weighted by molar-refractivity contribution is 0.0955. The van der Waals surface area contributed by atoms with Crippen LogP contribution in [0.5, 0.6) is 0 Å². The van der Waals surface area contributed by atoms with E-state index in [1.807, 2.05) is 55.3 Å². The van der Waals surface area contributed by atoms with Crippen LogP contribution in [0.3, 0.4) is 0 Å². The van der Waals surface area contributed by atoms with Crippen molar-refractivity contribution in [2.75, 3.05) is 18.5 Å². The zero-order valence-corrected chi connectivity index (χ0v) is 13.2. The van der Waals surface area contributed by atoms with Crippen molar-refractivity contribution < 1.29 is 9.21 Å². The summed E-state index contributed by atoms with van der Waals surface area (Å²) < 4.78 is 5.82. The number of amides is 1. The Morgan fingerprint density at radius 1 is 1.26 bits per heavy atom. The van der Waals surface area contributed by atoms with Gasteiger partial charge < -0.3 is 14.6 Å². The summed E-state index contributed by atoms with van der Waals surface area (Å²) in [6.45, 7) is 3.11. The molecule has 2 heterocycles. The van der Waals surface area contributed by atoms with Gasteiger partial charge in [-0.15, -0.1) is 0 Å². The Labute approximate surface area is 134 Å². The molecule has 2 aromatic heterocycles. The minimum absolute atomic E-state index is 0.105. The topological polar surface area (TPSA) is 58.4 Å². The highest BCUT2D eigenvalue weighted by Gasteiger charge is 2.10. The van der Waals surface area contributed by atoms with E-state index in [0.717, 1.165) is 22.5 Å². The minimum atomic E-state index is -0.105. The molecule has 0 radical (unpaired) electrons. The first-order valence-electron chi connectivity index (χ1n) is 7.60. The molecule has 0 saturated heterocycles. The monoisotopic (exact) mass is 309 g/mol. The normalized spacial score (nSPS) is 10.7. The van der Waals surface area contributed by atoms with Crippen LogP contribution < -0.4 is 10.2 Å². The van der Waals surface area contributed by atoms with Gasteiger partial charge in [0.15, 0.2) is 0 Å². The molecule has 0 bridgehead atoms. The van der Waals surface area contributed by atoms with Crippen molar-refractivity contribution in [1.82, 2.24) is 10.3 Å². The molecule has 3 rings (SSSR count). The summed E-state index contributed by atoms with van der Waals surface area (Å²) in [6, 6.07) is 13.6. The van der Waals surface area contributed by atoms with Crippen LogP contribution in [-0.4, -0.2) is 24.5 Å². The summed E-state index contributed by atoms with van der Waals surface area (Å²) in [7, 11) is 1.95. The average Bonchev–Trinajstić information content (AvgIpc) is 2.97. The molecule has 0 unspecified atom stereocenters. The first kappa shape index (κ1) is 15.1. The predicted molar refractivity (Wildman–Crippen MR) is 90.6 cm³/mol. The molecule has 5 nitrogen and oxygen atoms in total. The Bertz CT molecular complexity index is 776. The molecule has 0 spiro atoms. The van der Waals surface area contributed by atoms with E-state index >= 15 is 0 Å². The fourth-order valence-corrected chi connectivity index (χ4v) is 2.44. The van der Waals surface area contributed by atoms with Crippen LogP contribution in [0.25, 0.3) is 11.0 Å². The van der Waals surface area contributed by atoms with Crippen molar-refractivity contribution in [2.24, 2.45) is 0 Å². The molecule has 0 aliphatic carbocycles. The number of anilines is 1. The van der Waals surface area contributed by atoms with Gasteiger partial charge in [0.2, 0.25) is 0 Å². The van der Waals surface area contributed by atoms with E-state index in [0.29, 0.717) is 18.7 Å². The number of para-hydroxylation sites is 1. The van der Waals surface area contributed by atoms with E-state index in [2.05, 4.69) is 10.3 Å². The molecular weight excluding hydrogens is 290 g/mol. The van der Waals surface area contributed by atoms with Gasteiger partial charge >= 0.3 is 0 Å². The standard InChI is InChI=1S/C18H19N3O2/c1-3-19-18(22)14-8-9-17(20-11-14)21(2)12-15-10-13-6-4-5-7-16(13)23-15/h4-11H,3,12H2,1-2H3,(H,19,22). The van der Waals surface area contributed by atoms with E-state index in [1.165, 1.54) is 0 Å². The number of aromatic nitrogens is 1. The Morgan fingerprint density at radius 2 is 2.09 bits per heavy atom. The summed E-state index contributed by atoms with van der Waals surface area (Å²) in [6.07, 6.45) is 1.59. The van der Waals surface area contributed by atoms with Gasteiger partial charge in [-0.2, -0.15) is 0 Å². The number of fused-ring (bicyclic) bond motifs is 1. The summed E-state index contributed by atoms with van der Waals surface area (Å²) >= 11 is 0. The van der Waals surface area contributed by atoms with Gasteiger partial charge in [-0.05, 0) is 31.2 Å². The van der Waals surface area contributed by atoms with Gasteiger partial charge in [0, 0.05) is 25.2 Å². The summed E-state index contributed by atoms with van der Waals surface area (Å²) in [5.74, 6) is 1.56. The van der Waals surface area contributed by atoms with Crippen LogP contribution >= 0.6 is 0 Å². The number of nitrogens with one attached hydrogen (secondary N) is 1. The molecule has 1 aromatic carbocycles. The highest BCUT2D eigenvalue weighted by molar-refractivity contribution is 5.94. The maximum absolute atomic E-state index is 11.7. The van der Waals surface area contributed by atoms with Crippen LogP contribution in [0.15, 0.2) is 53.1 Å². The number of hydrogen-bond acceptors (Lipinski definition) is 4. The molecule has 0 fully saturated rings. The average molecular weight is 309 g/mol. The third-order valence-electron chi connectivity index (χ3n) is 3.61. The molecule has 1 amide bonds. The van der Waals surface area contributed by atoms with Gasteiger partial charge in [0.05, 0.1) is 12.1 Å². The van der Waals surface area contributed by atoms with Gasteiger partial charge in [-0.25, -0.2) is 4.98 Å². The van der Waals surface area contributed by atoms with Crippen molar-refractivity contribution in [3.63, 3.8) is 0 Å². The lowest BCUT2D eigenvalue weighted by Gasteiger charge is -2.16. The van der Waals surface area contributed by atoms with Crippen molar-refractivity contribution in [3.8, 4) is 0 Å². The number of benzene rings is 1. The van der Waals surface area contributed by atoms with Crippen molar-refractivity contribution in [1.29, 1.82) is 0 Å². The van der Waals surface area contributed by atoms with Crippen LogP contribution in [0.4, 0.5) is 5.82 Å². The summed E-state index contributed by atoms with van der Waals surface area (Å²) in [5, 5.41) is 3.85. The Kier molecular flexibility index (Phi) is 4.28. The molecule has 1 N–H and O–H groups in total. The molecule has 23 heavy (non-hydrogen) atoms. The van der Waals surface area contributed by atoms with Crippen molar-refractivity contribution >= 4 is 22.7 Å². The van der Waals surface area contributed by atoms with E-state index in [1.54, 1.807) is 12.3 Å². The van der Waals surface area contributed by atoms with E-state index in [9.17, 15) is 4.79 Å². The fourth-order valence-electron chi connectivity index (χ4n) is 2.44. The number of carbonyl (C=O) groups excluding carboxylic acids is 1. The molecular formula is C18H19N3O2. The molecule has 5 heteroatoms. The third-order valence-corrected chi connectivity index (χ3v) is 3.61. The molecule has 0 aliphatic heterocycles. The second kappa shape index (κ2) is 6.52. The first-order valence-corrected chi connectivity index (χ1v) is 7.60. The molecule has 0 aliphatic rings. The van der Waals surface area contributed by atoms with Crippen LogP contribution in [0, 0.1) is 0 Å². The second-order valence-corrected chi connectivity index (χ2v) is 5.37. The molecule has 118 valence electrons. The Morgan fingerprint density at radius 3 is 2.78 bits per heavy atom. The molecule has 0 atom stereocenters. The van der Waals surface area contributed by atoms with E-state index in [4.69, 9.17) is 4.42 Å². The number of hydrogen-bond donors (Lipinski definition) is 1. The number of pyridine rings is 1. The van der Waals surface area contributed by atoms with Crippen LogP contribution in [0.1, 0.15) is 23.0 Å². The van der Waals surface area contributed by atoms with E-state index in [-0.39, 0.29) is 5.91 Å². The summed E-state index contributed by atoms with van der Waals surface area (Å²) in [5.41, 5.74) is 1.45. The highest BCUT2D eigenvalue weighted by atomic mass is 16.3. The lowest BCUT2D eigenvalue weighted by atomic mass is 10.2. The predicted octanol–water partition coefficient (Wildman–Crippen LogP) is 3.21. The lowest BCUT2D eigenvalue weighted by Crippen LogP contribution is -2.23. The second-order valence-electron chi connectivity index (χ2n) is 5.37. The van der Waals surface area contributed by atoms with Crippen LogP contribution in [-0.2, 0) is 6.54 Å². The van der Waals surface area contributed by atoms with Gasteiger partial charge in [0.1, 0.15) is 17.2 Å². The zero-order chi connectivity index (χ0) is 16.2. The molecule has 0 saturated carbocycles. The van der Waals surface area contributed by atoms with Gasteiger partial charge in [-0.1, -0.05) is 18.2 Å². The number of nitrogens with zero attached hydrogens (tertiary/aromatic N) is 2. The Balaban J connectivity index is 1.72. The SMILES string of the molecule is CCNC(=O)c1ccc(N(C)Cc2cc3ccccc3o2)nc1. The van der Waals surface area contributed by atoms with E-state index < -0.39 is 0 Å². The smallest absolute Gasteiger partial charge is 0.252 e. The van der Waals surface area contributed by atoms with Crippen LogP contribution in [0.2, 0.25) is 0 Å². The molecule has 3 aromatic rings. The Hall–Kier alpha value is -2.82. The highest BCUT2D eigenvalue weighted by Crippen LogP contribution is 2.21. The van der Waals surface area contributed by atoms with Crippen molar-refractivity contribution in [3.05, 3.63) is 60.0 Å². The van der Waals surface area contributed by atoms with Gasteiger partial charge in [-0.3, -0.25) is 4.79 Å². The fraction of sp³-hybridized carbons (Fsp3) is 0.222.